The number of anilines is 2. The summed E-state index contributed by atoms with van der Waals surface area (Å²) in [4.78, 5) is 41.5. The minimum atomic E-state index is -0.490. The number of halogens is 1. The van der Waals surface area contributed by atoms with E-state index in [1.54, 1.807) is 42.5 Å². The number of carbonyl (C=O) groups is 3. The Morgan fingerprint density at radius 2 is 1.69 bits per heavy atom. The van der Waals surface area contributed by atoms with Crippen molar-refractivity contribution >= 4 is 52.5 Å². The third-order valence-corrected chi connectivity index (χ3v) is 7.12. The lowest BCUT2D eigenvalue weighted by Gasteiger charge is -2.16. The average Bonchev–Trinajstić information content (AvgIpc) is 3.11. The Bertz CT molecular complexity index is 1320. The fourth-order valence-corrected chi connectivity index (χ4v) is 4.69. The molecule has 3 aromatic rings. The zero-order chi connectivity index (χ0) is 25.7. The summed E-state index contributed by atoms with van der Waals surface area (Å²) >= 11 is 7.49. The minimum Gasteiger partial charge on any atom is -0.462 e. The molecule has 36 heavy (non-hydrogen) atoms. The highest BCUT2D eigenvalue weighted by molar-refractivity contribution is 8.04. The summed E-state index contributed by atoms with van der Waals surface area (Å²) in [6.07, 6.45) is 1.71. The first-order chi connectivity index (χ1) is 17.4. The first kappa shape index (κ1) is 25.5. The SMILES string of the molecule is CCCCOC(=O)c1ccc(N2C(=O)C(Nc3cccc(Cl)c3C)=C(Sc3ccccc3)C2=O)cc1. The Kier molecular flexibility index (Phi) is 8.13. The van der Waals surface area contributed by atoms with Gasteiger partial charge in [-0.3, -0.25) is 9.59 Å². The molecule has 1 aliphatic heterocycles. The van der Waals surface area contributed by atoms with Crippen LogP contribution in [0.25, 0.3) is 0 Å². The summed E-state index contributed by atoms with van der Waals surface area (Å²) in [5.41, 5.74) is 2.29. The fourth-order valence-electron chi connectivity index (χ4n) is 3.57. The molecule has 0 saturated carbocycles. The second-order valence-corrected chi connectivity index (χ2v) is 9.63. The Morgan fingerprint density at radius 1 is 0.972 bits per heavy atom. The number of ether oxygens (including phenoxy) is 1. The molecule has 4 rings (SSSR count). The van der Waals surface area contributed by atoms with Crippen LogP contribution in [-0.2, 0) is 14.3 Å². The van der Waals surface area contributed by atoms with Crippen molar-refractivity contribution in [3.63, 3.8) is 0 Å². The van der Waals surface area contributed by atoms with Crippen molar-refractivity contribution < 1.29 is 19.1 Å². The van der Waals surface area contributed by atoms with Gasteiger partial charge in [-0.05, 0) is 67.4 Å². The van der Waals surface area contributed by atoms with Crippen LogP contribution < -0.4 is 10.2 Å². The molecule has 0 bridgehead atoms. The Balaban J connectivity index is 1.64. The maximum atomic E-state index is 13.6. The Hall–Kier alpha value is -3.55. The highest BCUT2D eigenvalue weighted by Gasteiger charge is 2.40. The van der Waals surface area contributed by atoms with Gasteiger partial charge in [0.15, 0.2) is 0 Å². The summed E-state index contributed by atoms with van der Waals surface area (Å²) < 4.78 is 5.25. The van der Waals surface area contributed by atoms with Crippen LogP contribution in [0.2, 0.25) is 5.02 Å². The van der Waals surface area contributed by atoms with E-state index >= 15 is 0 Å². The van der Waals surface area contributed by atoms with E-state index in [-0.39, 0.29) is 10.6 Å². The summed E-state index contributed by atoms with van der Waals surface area (Å²) in [6.45, 7) is 4.20. The zero-order valence-corrected chi connectivity index (χ0v) is 21.5. The first-order valence-electron chi connectivity index (χ1n) is 11.6. The lowest BCUT2D eigenvalue weighted by molar-refractivity contribution is -0.120. The number of amides is 2. The van der Waals surface area contributed by atoms with Gasteiger partial charge in [0, 0.05) is 15.6 Å². The number of nitrogens with zero attached hydrogens (tertiary/aromatic N) is 1. The largest absolute Gasteiger partial charge is 0.462 e. The van der Waals surface area contributed by atoms with E-state index < -0.39 is 17.8 Å². The maximum Gasteiger partial charge on any atom is 0.338 e. The summed E-state index contributed by atoms with van der Waals surface area (Å²) in [5.74, 6) is -1.38. The quantitative estimate of drug-likeness (QED) is 0.195. The molecule has 0 saturated heterocycles. The average molecular weight is 521 g/mol. The van der Waals surface area contributed by atoms with Crippen LogP contribution >= 0.6 is 23.4 Å². The van der Waals surface area contributed by atoms with Gasteiger partial charge in [0.25, 0.3) is 11.8 Å². The van der Waals surface area contributed by atoms with Crippen LogP contribution in [0.4, 0.5) is 11.4 Å². The lowest BCUT2D eigenvalue weighted by atomic mass is 10.2. The molecular formula is C28H25ClN2O4S. The van der Waals surface area contributed by atoms with E-state index in [1.807, 2.05) is 44.2 Å². The Labute approximate surface area is 219 Å². The smallest absolute Gasteiger partial charge is 0.338 e. The van der Waals surface area contributed by atoms with Crippen LogP contribution in [0.3, 0.4) is 0 Å². The van der Waals surface area contributed by atoms with Crippen molar-refractivity contribution in [2.75, 3.05) is 16.8 Å². The Morgan fingerprint density at radius 3 is 2.39 bits per heavy atom. The predicted molar refractivity (Wildman–Crippen MR) is 143 cm³/mol. The monoisotopic (exact) mass is 520 g/mol. The number of benzene rings is 3. The third kappa shape index (κ3) is 5.48. The van der Waals surface area contributed by atoms with Gasteiger partial charge in [0.05, 0.1) is 17.9 Å². The molecule has 0 atom stereocenters. The summed E-state index contributed by atoms with van der Waals surface area (Å²) in [5, 5.41) is 3.70. The molecule has 2 amide bonds. The van der Waals surface area contributed by atoms with Crippen LogP contribution in [0.1, 0.15) is 35.7 Å². The molecule has 1 N–H and O–H groups in total. The van der Waals surface area contributed by atoms with Gasteiger partial charge in [-0.15, -0.1) is 0 Å². The van der Waals surface area contributed by atoms with Gasteiger partial charge in [-0.2, -0.15) is 0 Å². The van der Waals surface area contributed by atoms with Crippen LogP contribution in [0.15, 0.2) is 88.3 Å². The molecular weight excluding hydrogens is 496 g/mol. The van der Waals surface area contributed by atoms with Crippen molar-refractivity contribution in [3.8, 4) is 0 Å². The highest BCUT2D eigenvalue weighted by atomic mass is 35.5. The molecule has 0 radical (unpaired) electrons. The molecule has 3 aromatic carbocycles. The molecule has 0 unspecified atom stereocenters. The van der Waals surface area contributed by atoms with Crippen molar-refractivity contribution in [3.05, 3.63) is 99.5 Å². The molecule has 184 valence electrons. The van der Waals surface area contributed by atoms with E-state index in [9.17, 15) is 14.4 Å². The number of hydrogen-bond donors (Lipinski definition) is 1. The van der Waals surface area contributed by atoms with E-state index in [0.717, 1.165) is 28.2 Å². The van der Waals surface area contributed by atoms with Crippen molar-refractivity contribution in [2.45, 2.75) is 31.6 Å². The number of nitrogens with one attached hydrogen (secondary N) is 1. The first-order valence-corrected chi connectivity index (χ1v) is 12.8. The van der Waals surface area contributed by atoms with Crippen molar-refractivity contribution in [2.24, 2.45) is 0 Å². The maximum absolute atomic E-state index is 13.6. The molecule has 1 heterocycles. The van der Waals surface area contributed by atoms with E-state index in [2.05, 4.69) is 5.32 Å². The van der Waals surface area contributed by atoms with Gasteiger partial charge in [0.1, 0.15) is 10.6 Å². The molecule has 8 heteroatoms. The fraction of sp³-hybridized carbons (Fsp3) is 0.179. The molecule has 0 spiro atoms. The second-order valence-electron chi connectivity index (χ2n) is 8.14. The second kappa shape index (κ2) is 11.5. The number of carbonyl (C=O) groups excluding carboxylic acids is 3. The highest BCUT2D eigenvalue weighted by Crippen LogP contribution is 2.38. The zero-order valence-electron chi connectivity index (χ0n) is 19.9. The summed E-state index contributed by atoms with van der Waals surface area (Å²) in [7, 11) is 0. The van der Waals surface area contributed by atoms with Crippen LogP contribution in [0, 0.1) is 6.92 Å². The van der Waals surface area contributed by atoms with Gasteiger partial charge in [-0.25, -0.2) is 9.69 Å². The van der Waals surface area contributed by atoms with E-state index in [0.29, 0.717) is 28.6 Å². The standard InChI is InChI=1S/C28H25ClN2O4S/c1-3-4-17-35-28(34)19-13-15-20(16-14-19)31-26(32)24(30-23-12-8-11-22(29)18(23)2)25(27(31)33)36-21-9-6-5-7-10-21/h5-16,30H,3-4,17H2,1-2H3. The van der Waals surface area contributed by atoms with Crippen LogP contribution in [-0.4, -0.2) is 24.4 Å². The number of unbranched alkanes of at least 4 members (excludes halogenated alkanes) is 1. The van der Waals surface area contributed by atoms with E-state index in [4.69, 9.17) is 16.3 Å². The number of imide groups is 1. The molecule has 0 fully saturated rings. The molecule has 0 aliphatic carbocycles. The normalized spacial score (nSPS) is 13.4. The number of rotatable bonds is 9. The third-order valence-electron chi connectivity index (χ3n) is 5.62. The number of hydrogen-bond acceptors (Lipinski definition) is 6. The van der Waals surface area contributed by atoms with Gasteiger partial charge >= 0.3 is 5.97 Å². The van der Waals surface area contributed by atoms with Gasteiger partial charge in [-0.1, -0.05) is 61.0 Å². The molecule has 0 aromatic heterocycles. The topological polar surface area (TPSA) is 75.7 Å². The van der Waals surface area contributed by atoms with Crippen molar-refractivity contribution in [1.82, 2.24) is 0 Å². The predicted octanol–water partition coefficient (Wildman–Crippen LogP) is 6.59. The molecule has 1 aliphatic rings. The van der Waals surface area contributed by atoms with Crippen LogP contribution in [0.5, 0.6) is 0 Å². The van der Waals surface area contributed by atoms with E-state index in [1.165, 1.54) is 11.8 Å². The number of thioether (sulfide) groups is 1. The van der Waals surface area contributed by atoms with Crippen molar-refractivity contribution in [1.29, 1.82) is 0 Å². The molecule has 6 nitrogen and oxygen atoms in total. The van der Waals surface area contributed by atoms with Gasteiger partial charge < -0.3 is 10.1 Å². The van der Waals surface area contributed by atoms with Gasteiger partial charge in [0.2, 0.25) is 0 Å². The lowest BCUT2D eigenvalue weighted by Crippen LogP contribution is -2.32. The minimum absolute atomic E-state index is 0.169. The summed E-state index contributed by atoms with van der Waals surface area (Å²) in [6, 6.07) is 21.0. The number of esters is 1.